The maximum absolute atomic E-state index is 5.79. The number of hydrogen-bond donors (Lipinski definition) is 2. The van der Waals surface area contributed by atoms with Crippen molar-refractivity contribution in [3.05, 3.63) is 6.07 Å². The van der Waals surface area contributed by atoms with E-state index in [1.807, 2.05) is 13.0 Å². The Kier molecular flexibility index (Phi) is 3.89. The Labute approximate surface area is 109 Å². The zero-order chi connectivity index (χ0) is 13.1. The number of anilines is 3. The van der Waals surface area contributed by atoms with E-state index in [1.165, 1.54) is 12.8 Å². The molecule has 2 heterocycles. The van der Waals surface area contributed by atoms with Gasteiger partial charge in [-0.25, -0.2) is 0 Å². The SMILES string of the molecule is CCNc1cc(N2CCCC2C(C)C)nc(N)n1. The minimum Gasteiger partial charge on any atom is -0.370 e. The number of nitrogens with two attached hydrogens (primary N) is 1. The van der Waals surface area contributed by atoms with Crippen LogP contribution < -0.4 is 16.0 Å². The first-order valence-electron chi connectivity index (χ1n) is 6.77. The first kappa shape index (κ1) is 12.9. The van der Waals surface area contributed by atoms with Crippen molar-refractivity contribution in [2.75, 3.05) is 29.0 Å². The smallest absolute Gasteiger partial charge is 0.223 e. The molecule has 0 spiro atoms. The number of nitrogens with zero attached hydrogens (tertiary/aromatic N) is 3. The molecule has 1 aliphatic heterocycles. The summed E-state index contributed by atoms with van der Waals surface area (Å²) >= 11 is 0. The van der Waals surface area contributed by atoms with Gasteiger partial charge < -0.3 is 16.0 Å². The summed E-state index contributed by atoms with van der Waals surface area (Å²) in [6.07, 6.45) is 2.46. The fraction of sp³-hybridized carbons (Fsp3) is 0.692. The van der Waals surface area contributed by atoms with Gasteiger partial charge in [0.2, 0.25) is 5.95 Å². The van der Waals surface area contributed by atoms with E-state index in [9.17, 15) is 0 Å². The predicted molar refractivity (Wildman–Crippen MR) is 75.8 cm³/mol. The van der Waals surface area contributed by atoms with Gasteiger partial charge >= 0.3 is 0 Å². The van der Waals surface area contributed by atoms with E-state index in [4.69, 9.17) is 5.73 Å². The minimum atomic E-state index is 0.345. The number of aromatic nitrogens is 2. The lowest BCUT2D eigenvalue weighted by atomic mass is 10.0. The Balaban J connectivity index is 2.26. The molecule has 5 nitrogen and oxygen atoms in total. The molecule has 18 heavy (non-hydrogen) atoms. The van der Waals surface area contributed by atoms with Gasteiger partial charge in [0.1, 0.15) is 11.6 Å². The van der Waals surface area contributed by atoms with Gasteiger partial charge in [-0.1, -0.05) is 13.8 Å². The first-order chi connectivity index (χ1) is 8.61. The molecule has 100 valence electrons. The summed E-state index contributed by atoms with van der Waals surface area (Å²) in [5.74, 6) is 2.74. The lowest BCUT2D eigenvalue weighted by Crippen LogP contribution is -2.34. The minimum absolute atomic E-state index is 0.345. The molecule has 0 saturated carbocycles. The van der Waals surface area contributed by atoms with E-state index in [0.717, 1.165) is 24.7 Å². The van der Waals surface area contributed by atoms with Crippen molar-refractivity contribution in [2.45, 2.75) is 39.7 Å². The van der Waals surface area contributed by atoms with Crippen molar-refractivity contribution < 1.29 is 0 Å². The molecule has 0 aromatic carbocycles. The summed E-state index contributed by atoms with van der Waals surface area (Å²) < 4.78 is 0. The highest BCUT2D eigenvalue weighted by Crippen LogP contribution is 2.29. The van der Waals surface area contributed by atoms with Crippen LogP contribution in [-0.2, 0) is 0 Å². The van der Waals surface area contributed by atoms with Crippen LogP contribution >= 0.6 is 0 Å². The highest BCUT2D eigenvalue weighted by atomic mass is 15.3. The topological polar surface area (TPSA) is 67.1 Å². The van der Waals surface area contributed by atoms with Gasteiger partial charge in [-0.2, -0.15) is 9.97 Å². The number of nitrogens with one attached hydrogen (secondary N) is 1. The largest absolute Gasteiger partial charge is 0.370 e. The fourth-order valence-electron chi connectivity index (χ4n) is 2.64. The van der Waals surface area contributed by atoms with Crippen LogP contribution in [0, 0.1) is 5.92 Å². The molecule has 1 aromatic rings. The van der Waals surface area contributed by atoms with Crippen LogP contribution in [0.2, 0.25) is 0 Å². The van der Waals surface area contributed by atoms with Crippen molar-refractivity contribution in [2.24, 2.45) is 5.92 Å². The molecule has 0 radical (unpaired) electrons. The molecule has 1 atom stereocenters. The Morgan fingerprint density at radius 3 is 2.94 bits per heavy atom. The zero-order valence-electron chi connectivity index (χ0n) is 11.5. The van der Waals surface area contributed by atoms with Crippen molar-refractivity contribution in [3.63, 3.8) is 0 Å². The fourth-order valence-corrected chi connectivity index (χ4v) is 2.64. The average Bonchev–Trinajstić information content (AvgIpc) is 2.77. The second-order valence-electron chi connectivity index (χ2n) is 5.15. The molecule has 0 amide bonds. The van der Waals surface area contributed by atoms with Gasteiger partial charge in [-0.05, 0) is 25.7 Å². The van der Waals surface area contributed by atoms with Gasteiger partial charge in [0.15, 0.2) is 0 Å². The monoisotopic (exact) mass is 249 g/mol. The molecule has 1 aliphatic rings. The maximum atomic E-state index is 5.79. The van der Waals surface area contributed by atoms with Crippen LogP contribution in [-0.4, -0.2) is 29.1 Å². The van der Waals surface area contributed by atoms with Gasteiger partial charge in [-0.15, -0.1) is 0 Å². The molecule has 1 unspecified atom stereocenters. The van der Waals surface area contributed by atoms with Crippen LogP contribution in [0.25, 0.3) is 0 Å². The first-order valence-corrected chi connectivity index (χ1v) is 6.77. The summed E-state index contributed by atoms with van der Waals surface area (Å²) in [5.41, 5.74) is 5.79. The highest BCUT2D eigenvalue weighted by Gasteiger charge is 2.28. The van der Waals surface area contributed by atoms with Gasteiger partial charge in [0.05, 0.1) is 0 Å². The second kappa shape index (κ2) is 5.42. The standard InChI is InChI=1S/C13H23N5/c1-4-15-11-8-12(17-13(14)16-11)18-7-5-6-10(18)9(2)3/h8-10H,4-7H2,1-3H3,(H3,14,15,16,17). The molecule has 2 rings (SSSR count). The summed E-state index contributed by atoms with van der Waals surface area (Å²) in [6, 6.07) is 2.56. The lowest BCUT2D eigenvalue weighted by Gasteiger charge is -2.29. The molecule has 3 N–H and O–H groups in total. The van der Waals surface area contributed by atoms with E-state index in [2.05, 4.69) is 34.0 Å². The predicted octanol–water partition coefficient (Wildman–Crippen LogP) is 2.12. The van der Waals surface area contributed by atoms with E-state index >= 15 is 0 Å². The van der Waals surface area contributed by atoms with Crippen LogP contribution in [0.5, 0.6) is 0 Å². The summed E-state index contributed by atoms with van der Waals surface area (Å²) in [4.78, 5) is 10.9. The molecule has 5 heteroatoms. The highest BCUT2D eigenvalue weighted by molar-refractivity contribution is 5.53. The third kappa shape index (κ3) is 2.66. The van der Waals surface area contributed by atoms with Crippen molar-refractivity contribution in [1.29, 1.82) is 0 Å². The molecule has 1 aromatic heterocycles. The third-order valence-corrected chi connectivity index (χ3v) is 3.45. The Morgan fingerprint density at radius 2 is 2.28 bits per heavy atom. The number of hydrogen-bond acceptors (Lipinski definition) is 5. The van der Waals surface area contributed by atoms with Crippen molar-refractivity contribution in [3.8, 4) is 0 Å². The van der Waals surface area contributed by atoms with Gasteiger partial charge in [-0.3, -0.25) is 0 Å². The summed E-state index contributed by atoms with van der Waals surface area (Å²) in [7, 11) is 0. The number of rotatable bonds is 4. The van der Waals surface area contributed by atoms with Crippen LogP contribution in [0.15, 0.2) is 6.07 Å². The van der Waals surface area contributed by atoms with Crippen LogP contribution in [0.1, 0.15) is 33.6 Å². The second-order valence-corrected chi connectivity index (χ2v) is 5.15. The van der Waals surface area contributed by atoms with Crippen molar-refractivity contribution in [1.82, 2.24) is 9.97 Å². The van der Waals surface area contributed by atoms with Crippen LogP contribution in [0.4, 0.5) is 17.6 Å². The summed E-state index contributed by atoms with van der Waals surface area (Å²) in [5, 5.41) is 3.20. The quantitative estimate of drug-likeness (QED) is 0.855. The van der Waals surface area contributed by atoms with E-state index < -0.39 is 0 Å². The third-order valence-electron chi connectivity index (χ3n) is 3.45. The molecular formula is C13H23N5. The van der Waals surface area contributed by atoms with Crippen molar-refractivity contribution >= 4 is 17.6 Å². The Bertz CT molecular complexity index is 404. The summed E-state index contributed by atoms with van der Waals surface area (Å²) in [6.45, 7) is 8.47. The maximum Gasteiger partial charge on any atom is 0.223 e. The van der Waals surface area contributed by atoms with E-state index in [1.54, 1.807) is 0 Å². The molecule has 0 aliphatic carbocycles. The van der Waals surface area contributed by atoms with Crippen LogP contribution in [0.3, 0.4) is 0 Å². The normalized spacial score (nSPS) is 19.6. The molecule has 1 saturated heterocycles. The van der Waals surface area contributed by atoms with Gasteiger partial charge in [0, 0.05) is 25.2 Å². The Morgan fingerprint density at radius 1 is 1.50 bits per heavy atom. The Hall–Kier alpha value is -1.52. The van der Waals surface area contributed by atoms with E-state index in [0.29, 0.717) is 17.9 Å². The number of nitrogen functional groups attached to an aromatic ring is 1. The lowest BCUT2D eigenvalue weighted by molar-refractivity contribution is 0.489. The molecule has 0 bridgehead atoms. The zero-order valence-corrected chi connectivity index (χ0v) is 11.5. The van der Waals surface area contributed by atoms with Gasteiger partial charge in [0.25, 0.3) is 0 Å². The van der Waals surface area contributed by atoms with E-state index in [-0.39, 0.29) is 0 Å². The molecular weight excluding hydrogens is 226 g/mol. The average molecular weight is 249 g/mol. The molecule has 1 fully saturated rings.